The van der Waals surface area contributed by atoms with E-state index in [1.807, 2.05) is 6.07 Å². The standard InChI is InChI=1S/C15H26N4/c1-12(2)18-14-9-15(17-11-16-14)19(3)10-13-7-5-4-6-8-13/h9,11-13H,4-8,10H2,1-3H3,(H,16,17,18). The molecule has 0 amide bonds. The van der Waals surface area contributed by atoms with Gasteiger partial charge in [-0.3, -0.25) is 0 Å². The van der Waals surface area contributed by atoms with Crippen LogP contribution in [0.3, 0.4) is 0 Å². The zero-order valence-electron chi connectivity index (χ0n) is 12.4. The Kier molecular flexibility index (Phi) is 5.00. The molecule has 0 aliphatic heterocycles. The lowest BCUT2D eigenvalue weighted by Crippen LogP contribution is -2.27. The molecule has 0 aromatic carbocycles. The number of hydrogen-bond donors (Lipinski definition) is 1. The van der Waals surface area contributed by atoms with Crippen LogP contribution in [0.4, 0.5) is 11.6 Å². The number of anilines is 2. The quantitative estimate of drug-likeness (QED) is 0.884. The molecule has 4 heteroatoms. The first-order valence-corrected chi connectivity index (χ1v) is 7.45. The first-order chi connectivity index (χ1) is 9.15. The summed E-state index contributed by atoms with van der Waals surface area (Å²) < 4.78 is 0. The molecule has 106 valence electrons. The van der Waals surface area contributed by atoms with Gasteiger partial charge in [-0.15, -0.1) is 0 Å². The molecule has 1 aromatic rings. The Balaban J connectivity index is 1.95. The molecule has 0 radical (unpaired) electrons. The summed E-state index contributed by atoms with van der Waals surface area (Å²) in [7, 11) is 2.14. The Morgan fingerprint density at radius 2 is 2.00 bits per heavy atom. The Labute approximate surface area is 116 Å². The maximum Gasteiger partial charge on any atom is 0.133 e. The van der Waals surface area contributed by atoms with Crippen molar-refractivity contribution >= 4 is 11.6 Å². The van der Waals surface area contributed by atoms with Crippen molar-refractivity contribution in [3.8, 4) is 0 Å². The van der Waals surface area contributed by atoms with Crippen LogP contribution in [0.15, 0.2) is 12.4 Å². The lowest BCUT2D eigenvalue weighted by Gasteiger charge is -2.27. The fourth-order valence-corrected chi connectivity index (χ4v) is 2.78. The molecule has 1 aromatic heterocycles. The lowest BCUT2D eigenvalue weighted by molar-refractivity contribution is 0.361. The molecule has 1 saturated carbocycles. The summed E-state index contributed by atoms with van der Waals surface area (Å²) in [6.07, 6.45) is 8.58. The number of rotatable bonds is 5. The van der Waals surface area contributed by atoms with Gasteiger partial charge in [0.1, 0.15) is 18.0 Å². The number of nitrogens with zero attached hydrogens (tertiary/aromatic N) is 3. The third-order valence-corrected chi connectivity index (χ3v) is 3.74. The minimum atomic E-state index is 0.395. The second-order valence-electron chi connectivity index (χ2n) is 5.95. The fraction of sp³-hybridized carbons (Fsp3) is 0.733. The first-order valence-electron chi connectivity index (χ1n) is 7.45. The van der Waals surface area contributed by atoms with E-state index in [0.717, 1.165) is 24.1 Å². The Morgan fingerprint density at radius 3 is 2.68 bits per heavy atom. The van der Waals surface area contributed by atoms with E-state index in [2.05, 4.69) is 41.1 Å². The molecule has 1 N–H and O–H groups in total. The van der Waals surface area contributed by atoms with Crippen molar-refractivity contribution in [2.24, 2.45) is 5.92 Å². The first kappa shape index (κ1) is 14.1. The van der Waals surface area contributed by atoms with Crippen molar-refractivity contribution in [2.45, 2.75) is 52.0 Å². The molecule has 0 unspecified atom stereocenters. The second-order valence-corrected chi connectivity index (χ2v) is 5.95. The predicted octanol–water partition coefficient (Wildman–Crippen LogP) is 3.31. The van der Waals surface area contributed by atoms with Gasteiger partial charge < -0.3 is 10.2 Å². The van der Waals surface area contributed by atoms with E-state index in [4.69, 9.17) is 0 Å². The van der Waals surface area contributed by atoms with Crippen LogP contribution in [0, 0.1) is 5.92 Å². The molecule has 1 heterocycles. The van der Waals surface area contributed by atoms with Crippen molar-refractivity contribution in [2.75, 3.05) is 23.8 Å². The van der Waals surface area contributed by atoms with E-state index in [-0.39, 0.29) is 0 Å². The highest BCUT2D eigenvalue weighted by atomic mass is 15.2. The van der Waals surface area contributed by atoms with Crippen molar-refractivity contribution in [1.82, 2.24) is 9.97 Å². The van der Waals surface area contributed by atoms with Crippen molar-refractivity contribution in [1.29, 1.82) is 0 Å². The van der Waals surface area contributed by atoms with Gasteiger partial charge in [0.05, 0.1) is 0 Å². The van der Waals surface area contributed by atoms with Gasteiger partial charge in [-0.05, 0) is 32.6 Å². The Morgan fingerprint density at radius 1 is 1.26 bits per heavy atom. The van der Waals surface area contributed by atoms with E-state index in [0.29, 0.717) is 6.04 Å². The van der Waals surface area contributed by atoms with Gasteiger partial charge in [0.15, 0.2) is 0 Å². The molecule has 2 rings (SSSR count). The number of nitrogens with one attached hydrogen (secondary N) is 1. The van der Waals surface area contributed by atoms with Crippen molar-refractivity contribution < 1.29 is 0 Å². The highest BCUT2D eigenvalue weighted by molar-refractivity contribution is 5.48. The molecule has 1 fully saturated rings. The van der Waals surface area contributed by atoms with Crippen molar-refractivity contribution in [3.63, 3.8) is 0 Å². The van der Waals surface area contributed by atoms with E-state index in [1.54, 1.807) is 6.33 Å². The van der Waals surface area contributed by atoms with Gasteiger partial charge in [0.25, 0.3) is 0 Å². The maximum atomic E-state index is 4.39. The van der Waals surface area contributed by atoms with Crippen LogP contribution < -0.4 is 10.2 Å². The van der Waals surface area contributed by atoms with Gasteiger partial charge in [-0.25, -0.2) is 9.97 Å². The summed E-state index contributed by atoms with van der Waals surface area (Å²) in [5.74, 6) is 2.76. The number of aromatic nitrogens is 2. The van der Waals surface area contributed by atoms with Crippen LogP contribution in [0.1, 0.15) is 46.0 Å². The van der Waals surface area contributed by atoms with Gasteiger partial charge in [-0.2, -0.15) is 0 Å². The smallest absolute Gasteiger partial charge is 0.133 e. The minimum absolute atomic E-state index is 0.395. The third kappa shape index (κ3) is 4.37. The average molecular weight is 262 g/mol. The van der Waals surface area contributed by atoms with Crippen molar-refractivity contribution in [3.05, 3.63) is 12.4 Å². The van der Waals surface area contributed by atoms with Gasteiger partial charge in [0, 0.05) is 25.7 Å². The molecular weight excluding hydrogens is 236 g/mol. The van der Waals surface area contributed by atoms with E-state index in [9.17, 15) is 0 Å². The highest BCUT2D eigenvalue weighted by Crippen LogP contribution is 2.25. The molecule has 1 aliphatic rings. The highest BCUT2D eigenvalue weighted by Gasteiger charge is 2.16. The molecule has 4 nitrogen and oxygen atoms in total. The van der Waals surface area contributed by atoms with Crippen LogP contribution in [-0.4, -0.2) is 29.6 Å². The van der Waals surface area contributed by atoms with E-state index >= 15 is 0 Å². The summed E-state index contributed by atoms with van der Waals surface area (Å²) in [6, 6.07) is 2.44. The zero-order valence-corrected chi connectivity index (χ0v) is 12.4. The fourth-order valence-electron chi connectivity index (χ4n) is 2.78. The molecule has 1 aliphatic carbocycles. The third-order valence-electron chi connectivity index (χ3n) is 3.74. The minimum Gasteiger partial charge on any atom is -0.368 e. The summed E-state index contributed by atoms with van der Waals surface area (Å²) in [6.45, 7) is 5.35. The van der Waals surface area contributed by atoms with Crippen LogP contribution >= 0.6 is 0 Å². The SMILES string of the molecule is CC(C)Nc1cc(N(C)CC2CCCCC2)ncn1. The molecular formula is C15H26N4. The number of hydrogen-bond acceptors (Lipinski definition) is 4. The summed E-state index contributed by atoms with van der Waals surface area (Å²) in [4.78, 5) is 10.9. The normalized spacial score (nSPS) is 16.6. The molecule has 19 heavy (non-hydrogen) atoms. The van der Waals surface area contributed by atoms with Crippen LogP contribution in [0.5, 0.6) is 0 Å². The van der Waals surface area contributed by atoms with Crippen LogP contribution in [-0.2, 0) is 0 Å². The lowest BCUT2D eigenvalue weighted by atomic mass is 9.89. The molecule has 0 spiro atoms. The topological polar surface area (TPSA) is 41.0 Å². The Bertz CT molecular complexity index is 385. The van der Waals surface area contributed by atoms with Crippen LogP contribution in [0.2, 0.25) is 0 Å². The van der Waals surface area contributed by atoms with Gasteiger partial charge in [0.2, 0.25) is 0 Å². The average Bonchev–Trinajstić information content (AvgIpc) is 2.39. The molecule has 0 saturated heterocycles. The Hall–Kier alpha value is -1.32. The second kappa shape index (κ2) is 6.73. The summed E-state index contributed by atoms with van der Waals surface area (Å²) in [5.41, 5.74) is 0. The summed E-state index contributed by atoms with van der Waals surface area (Å²) in [5, 5.41) is 3.33. The van der Waals surface area contributed by atoms with E-state index in [1.165, 1.54) is 32.1 Å². The van der Waals surface area contributed by atoms with Gasteiger partial charge >= 0.3 is 0 Å². The largest absolute Gasteiger partial charge is 0.368 e. The maximum absolute atomic E-state index is 4.39. The van der Waals surface area contributed by atoms with Gasteiger partial charge in [-0.1, -0.05) is 19.3 Å². The zero-order chi connectivity index (χ0) is 13.7. The summed E-state index contributed by atoms with van der Waals surface area (Å²) >= 11 is 0. The molecule has 0 atom stereocenters. The van der Waals surface area contributed by atoms with Crippen LogP contribution in [0.25, 0.3) is 0 Å². The van der Waals surface area contributed by atoms with E-state index < -0.39 is 0 Å². The predicted molar refractivity (Wildman–Crippen MR) is 80.6 cm³/mol. The molecule has 0 bridgehead atoms. The monoisotopic (exact) mass is 262 g/mol.